The minimum Gasteiger partial charge on any atom is -0.314 e. The Morgan fingerprint density at radius 2 is 2.13 bits per heavy atom. The van der Waals surface area contributed by atoms with Crippen LogP contribution >= 0.6 is 0 Å². The van der Waals surface area contributed by atoms with Crippen molar-refractivity contribution in [3.8, 4) is 6.07 Å². The number of likely N-dealkylation sites (N-methyl/N-ethyl adjacent to an activating group) is 1. The lowest BCUT2D eigenvalue weighted by atomic mass is 9.81. The fourth-order valence-corrected chi connectivity index (χ4v) is 2.16. The number of rotatable bonds is 1. The summed E-state index contributed by atoms with van der Waals surface area (Å²) < 4.78 is 0. The van der Waals surface area contributed by atoms with E-state index >= 15 is 0 Å². The van der Waals surface area contributed by atoms with Crippen molar-refractivity contribution in [2.45, 2.75) is 18.8 Å². The number of fused-ring (bicyclic) bond motifs is 1. The van der Waals surface area contributed by atoms with E-state index in [1.165, 1.54) is 0 Å². The van der Waals surface area contributed by atoms with Gasteiger partial charge in [0.2, 0.25) is 5.91 Å². The molecule has 0 spiro atoms. The van der Waals surface area contributed by atoms with Crippen LogP contribution in [0.4, 0.5) is 5.69 Å². The van der Waals surface area contributed by atoms with Gasteiger partial charge in [0.25, 0.3) is 0 Å². The van der Waals surface area contributed by atoms with Crippen LogP contribution in [0.5, 0.6) is 0 Å². The Kier molecular flexibility index (Phi) is 2.01. The highest BCUT2D eigenvalue weighted by Gasteiger charge is 2.45. The van der Waals surface area contributed by atoms with Gasteiger partial charge in [0.15, 0.2) is 0 Å². The lowest BCUT2D eigenvalue weighted by Crippen LogP contribution is -2.35. The number of hydrogen-bond donors (Lipinski definition) is 0. The maximum atomic E-state index is 12.0. The van der Waals surface area contributed by atoms with Crippen LogP contribution < -0.4 is 4.90 Å². The van der Waals surface area contributed by atoms with Gasteiger partial charge in [-0.25, -0.2) is 0 Å². The minimum absolute atomic E-state index is 0.00486. The Balaban J connectivity index is 2.62. The molecule has 0 saturated carbocycles. The summed E-state index contributed by atoms with van der Waals surface area (Å²) in [5.41, 5.74) is 1.21. The average molecular weight is 200 g/mol. The zero-order chi connectivity index (χ0) is 11.1. The van der Waals surface area contributed by atoms with Crippen LogP contribution in [0.15, 0.2) is 24.3 Å². The highest BCUT2D eigenvalue weighted by Crippen LogP contribution is 2.42. The number of amides is 1. The van der Waals surface area contributed by atoms with Crippen molar-refractivity contribution in [1.82, 2.24) is 0 Å². The topological polar surface area (TPSA) is 44.1 Å². The fraction of sp³-hybridized carbons (Fsp3) is 0.333. The number of nitrogens with zero attached hydrogens (tertiary/aromatic N) is 2. The highest BCUT2D eigenvalue weighted by atomic mass is 16.2. The molecule has 2 rings (SSSR count). The van der Waals surface area contributed by atoms with Crippen LogP contribution in [0.3, 0.4) is 0 Å². The number of nitriles is 1. The quantitative estimate of drug-likeness (QED) is 0.694. The van der Waals surface area contributed by atoms with Gasteiger partial charge in [-0.1, -0.05) is 18.2 Å². The molecule has 0 fully saturated rings. The molecule has 3 nitrogen and oxygen atoms in total. The van der Waals surface area contributed by atoms with E-state index < -0.39 is 5.41 Å². The van der Waals surface area contributed by atoms with E-state index in [2.05, 4.69) is 6.07 Å². The van der Waals surface area contributed by atoms with Crippen molar-refractivity contribution in [3.05, 3.63) is 29.8 Å². The summed E-state index contributed by atoms with van der Waals surface area (Å²) in [6.45, 7) is 1.83. The molecule has 0 bridgehead atoms. The summed E-state index contributed by atoms with van der Waals surface area (Å²) in [6.07, 6.45) is 0.229. The molecular weight excluding hydrogens is 188 g/mol. The zero-order valence-electron chi connectivity index (χ0n) is 8.82. The van der Waals surface area contributed by atoms with E-state index in [9.17, 15) is 4.79 Å². The largest absolute Gasteiger partial charge is 0.314 e. The molecule has 1 atom stereocenters. The second kappa shape index (κ2) is 3.09. The van der Waals surface area contributed by atoms with Gasteiger partial charge >= 0.3 is 0 Å². The Morgan fingerprint density at radius 3 is 2.80 bits per heavy atom. The molecular formula is C12H12N2O. The van der Waals surface area contributed by atoms with Crippen LogP contribution in [-0.2, 0) is 10.2 Å². The number of benzene rings is 1. The van der Waals surface area contributed by atoms with Gasteiger partial charge in [-0.2, -0.15) is 5.26 Å². The molecule has 15 heavy (non-hydrogen) atoms. The summed E-state index contributed by atoms with van der Waals surface area (Å²) in [7, 11) is 1.75. The summed E-state index contributed by atoms with van der Waals surface area (Å²) >= 11 is 0. The summed E-state index contributed by atoms with van der Waals surface area (Å²) in [5, 5.41) is 8.80. The van der Waals surface area contributed by atoms with E-state index in [-0.39, 0.29) is 12.3 Å². The summed E-state index contributed by atoms with van der Waals surface area (Å²) in [6, 6.07) is 9.74. The van der Waals surface area contributed by atoms with E-state index in [4.69, 9.17) is 5.26 Å². The van der Waals surface area contributed by atoms with Crippen LogP contribution in [-0.4, -0.2) is 13.0 Å². The standard InChI is InChI=1S/C12H12N2O/c1-12(7-8-13)9-5-3-4-6-10(9)14(2)11(12)15/h3-6H,7H2,1-2H3/t12-/m0/s1. The van der Waals surface area contributed by atoms with Gasteiger partial charge in [0.05, 0.1) is 17.9 Å². The van der Waals surface area contributed by atoms with Gasteiger partial charge in [-0.15, -0.1) is 0 Å². The molecule has 1 aliphatic rings. The maximum absolute atomic E-state index is 12.0. The zero-order valence-corrected chi connectivity index (χ0v) is 8.82. The normalized spacial score (nSPS) is 23.8. The van der Waals surface area contributed by atoms with Crippen LogP contribution in [0.1, 0.15) is 18.9 Å². The number of hydrogen-bond acceptors (Lipinski definition) is 2. The second-order valence-electron chi connectivity index (χ2n) is 4.05. The smallest absolute Gasteiger partial charge is 0.238 e. The van der Waals surface area contributed by atoms with Crippen LogP contribution in [0, 0.1) is 11.3 Å². The molecule has 3 heteroatoms. The van der Waals surface area contributed by atoms with E-state index in [1.807, 2.05) is 31.2 Å². The van der Waals surface area contributed by atoms with Gasteiger partial charge in [-0.3, -0.25) is 4.79 Å². The Labute approximate surface area is 88.9 Å². The van der Waals surface area contributed by atoms with Crippen LogP contribution in [0.2, 0.25) is 0 Å². The van der Waals surface area contributed by atoms with Gasteiger partial charge in [0, 0.05) is 12.7 Å². The van der Waals surface area contributed by atoms with Crippen molar-refractivity contribution in [3.63, 3.8) is 0 Å². The van der Waals surface area contributed by atoms with Crippen molar-refractivity contribution < 1.29 is 4.79 Å². The predicted octanol–water partition coefficient (Wildman–Crippen LogP) is 1.83. The highest BCUT2D eigenvalue weighted by molar-refractivity contribution is 6.07. The molecule has 1 aliphatic heterocycles. The molecule has 1 aromatic carbocycles. The molecule has 0 aromatic heterocycles. The number of anilines is 1. The second-order valence-corrected chi connectivity index (χ2v) is 4.05. The first-order chi connectivity index (χ1) is 7.11. The van der Waals surface area contributed by atoms with Crippen molar-refractivity contribution >= 4 is 11.6 Å². The van der Waals surface area contributed by atoms with Crippen LogP contribution in [0.25, 0.3) is 0 Å². The lowest BCUT2D eigenvalue weighted by Gasteiger charge is -2.19. The van der Waals surface area contributed by atoms with Gasteiger partial charge in [0.1, 0.15) is 0 Å². The van der Waals surface area contributed by atoms with E-state index in [1.54, 1.807) is 11.9 Å². The lowest BCUT2D eigenvalue weighted by molar-refractivity contribution is -0.122. The average Bonchev–Trinajstić information content (AvgIpc) is 2.43. The monoisotopic (exact) mass is 200 g/mol. The number of carbonyl (C=O) groups excluding carboxylic acids is 1. The molecule has 1 aromatic rings. The number of para-hydroxylation sites is 1. The van der Waals surface area contributed by atoms with Crippen molar-refractivity contribution in [2.24, 2.45) is 0 Å². The molecule has 0 N–H and O–H groups in total. The van der Waals surface area contributed by atoms with E-state index in [0.717, 1.165) is 11.3 Å². The van der Waals surface area contributed by atoms with Gasteiger partial charge < -0.3 is 4.90 Å². The SMILES string of the molecule is CN1C(=O)[C@@](C)(CC#N)c2ccccc21. The van der Waals surface area contributed by atoms with Gasteiger partial charge in [-0.05, 0) is 18.6 Å². The third kappa shape index (κ3) is 1.15. The first-order valence-electron chi connectivity index (χ1n) is 4.86. The molecule has 1 heterocycles. The number of carbonyl (C=O) groups is 1. The van der Waals surface area contributed by atoms with E-state index in [0.29, 0.717) is 0 Å². The third-order valence-corrected chi connectivity index (χ3v) is 3.07. The maximum Gasteiger partial charge on any atom is 0.238 e. The Hall–Kier alpha value is -1.82. The first kappa shape index (κ1) is 9.72. The van der Waals surface area contributed by atoms with Crippen molar-refractivity contribution in [2.75, 3.05) is 11.9 Å². The fourth-order valence-electron chi connectivity index (χ4n) is 2.16. The van der Waals surface area contributed by atoms with Crippen molar-refractivity contribution in [1.29, 1.82) is 5.26 Å². The third-order valence-electron chi connectivity index (χ3n) is 3.07. The minimum atomic E-state index is -0.667. The molecule has 0 radical (unpaired) electrons. The molecule has 76 valence electrons. The molecule has 1 amide bonds. The molecule has 0 unspecified atom stereocenters. The molecule has 0 saturated heterocycles. The Bertz CT molecular complexity index is 461. The predicted molar refractivity (Wildman–Crippen MR) is 57.4 cm³/mol. The summed E-state index contributed by atoms with van der Waals surface area (Å²) in [5.74, 6) is 0.00486. The summed E-state index contributed by atoms with van der Waals surface area (Å²) in [4.78, 5) is 13.7. The first-order valence-corrected chi connectivity index (χ1v) is 4.86. The Morgan fingerprint density at radius 1 is 1.47 bits per heavy atom. The molecule has 0 aliphatic carbocycles.